The molecule has 0 unspecified atom stereocenters. The van der Waals surface area contributed by atoms with Crippen LogP contribution >= 0.6 is 11.6 Å². The zero-order valence-corrected chi connectivity index (χ0v) is 17.5. The molecule has 7 heteroatoms. The second-order valence-electron chi connectivity index (χ2n) is 7.31. The summed E-state index contributed by atoms with van der Waals surface area (Å²) in [6.07, 6.45) is -0.210. The number of halogens is 1. The average molecular weight is 404 g/mol. The van der Waals surface area contributed by atoms with Crippen LogP contribution in [0.2, 0.25) is 5.02 Å². The van der Waals surface area contributed by atoms with E-state index in [1.165, 1.54) is 0 Å². The number of piperazine rings is 1. The van der Waals surface area contributed by atoms with E-state index in [4.69, 9.17) is 16.3 Å². The van der Waals surface area contributed by atoms with E-state index in [-0.39, 0.29) is 12.0 Å². The van der Waals surface area contributed by atoms with Crippen molar-refractivity contribution in [3.05, 3.63) is 51.8 Å². The van der Waals surface area contributed by atoms with Crippen molar-refractivity contribution in [1.82, 2.24) is 9.88 Å². The molecule has 150 valence electrons. The maximum atomic E-state index is 13.0. The Bertz CT molecular complexity index is 883. The van der Waals surface area contributed by atoms with Crippen LogP contribution in [0.5, 0.6) is 0 Å². The van der Waals surface area contributed by atoms with Gasteiger partial charge in [0, 0.05) is 31.9 Å². The van der Waals surface area contributed by atoms with Gasteiger partial charge in [-0.2, -0.15) is 0 Å². The van der Waals surface area contributed by atoms with Crippen LogP contribution in [-0.2, 0) is 4.74 Å². The van der Waals surface area contributed by atoms with Crippen molar-refractivity contribution in [2.45, 2.75) is 33.8 Å². The number of aromatic amines is 1. The summed E-state index contributed by atoms with van der Waals surface area (Å²) in [5.41, 5.74) is 3.19. The molecule has 1 aliphatic heterocycles. The molecule has 0 radical (unpaired) electrons. The molecule has 1 aromatic carbocycles. The lowest BCUT2D eigenvalue weighted by Gasteiger charge is -2.36. The maximum absolute atomic E-state index is 13.0. The van der Waals surface area contributed by atoms with Gasteiger partial charge in [0.2, 0.25) is 0 Å². The van der Waals surface area contributed by atoms with Gasteiger partial charge in [0.15, 0.2) is 0 Å². The van der Waals surface area contributed by atoms with Gasteiger partial charge in [0.05, 0.1) is 22.4 Å². The predicted molar refractivity (Wildman–Crippen MR) is 110 cm³/mol. The fourth-order valence-corrected chi connectivity index (χ4v) is 3.82. The highest BCUT2D eigenvalue weighted by molar-refractivity contribution is 6.33. The first-order valence-corrected chi connectivity index (χ1v) is 9.86. The molecule has 0 bridgehead atoms. The monoisotopic (exact) mass is 403 g/mol. The van der Waals surface area contributed by atoms with E-state index >= 15 is 0 Å². The number of anilines is 1. The Morgan fingerprint density at radius 2 is 1.75 bits per heavy atom. The molecule has 0 atom stereocenters. The molecule has 0 saturated carbocycles. The van der Waals surface area contributed by atoms with Crippen LogP contribution in [0.25, 0.3) is 0 Å². The number of aryl methyl sites for hydroxylation is 1. The molecule has 0 spiro atoms. The molecule has 1 aromatic heterocycles. The number of carbonyl (C=O) groups is 2. The summed E-state index contributed by atoms with van der Waals surface area (Å²) in [6, 6.07) is 7.73. The van der Waals surface area contributed by atoms with E-state index in [1.807, 2.05) is 29.2 Å². The van der Waals surface area contributed by atoms with Gasteiger partial charge < -0.3 is 19.5 Å². The van der Waals surface area contributed by atoms with Crippen LogP contribution in [0.3, 0.4) is 0 Å². The number of hydrogen-bond donors (Lipinski definition) is 1. The van der Waals surface area contributed by atoms with Crippen LogP contribution in [0.4, 0.5) is 5.69 Å². The van der Waals surface area contributed by atoms with E-state index < -0.39 is 5.97 Å². The fraction of sp³-hybridized carbons (Fsp3) is 0.429. The molecule has 1 aliphatic rings. The Kier molecular flexibility index (Phi) is 5.98. The normalized spacial score (nSPS) is 14.5. The molecule has 2 heterocycles. The highest BCUT2D eigenvalue weighted by Gasteiger charge is 2.28. The number of nitrogens with zero attached hydrogens (tertiary/aromatic N) is 2. The van der Waals surface area contributed by atoms with Gasteiger partial charge in [0.25, 0.3) is 5.91 Å². The van der Waals surface area contributed by atoms with Crippen LogP contribution in [0.15, 0.2) is 24.3 Å². The Morgan fingerprint density at radius 1 is 1.11 bits per heavy atom. The number of carbonyl (C=O) groups excluding carboxylic acids is 2. The summed E-state index contributed by atoms with van der Waals surface area (Å²) >= 11 is 6.29. The van der Waals surface area contributed by atoms with Crippen molar-refractivity contribution in [1.29, 1.82) is 0 Å². The minimum atomic E-state index is -0.399. The Morgan fingerprint density at radius 3 is 2.36 bits per heavy atom. The van der Waals surface area contributed by atoms with Crippen molar-refractivity contribution in [3.63, 3.8) is 0 Å². The summed E-state index contributed by atoms with van der Waals surface area (Å²) in [5.74, 6) is -0.494. The first kappa shape index (κ1) is 20.3. The smallest absolute Gasteiger partial charge is 0.340 e. The van der Waals surface area contributed by atoms with Crippen LogP contribution in [-0.4, -0.2) is 54.0 Å². The molecule has 2 aromatic rings. The van der Waals surface area contributed by atoms with Crippen LogP contribution in [0.1, 0.15) is 46.0 Å². The topological polar surface area (TPSA) is 65.6 Å². The number of hydrogen-bond acceptors (Lipinski definition) is 4. The third-order valence-corrected chi connectivity index (χ3v) is 5.28. The molecule has 1 saturated heterocycles. The van der Waals surface area contributed by atoms with Crippen molar-refractivity contribution < 1.29 is 14.3 Å². The highest BCUT2D eigenvalue weighted by Crippen LogP contribution is 2.27. The first-order chi connectivity index (χ1) is 13.3. The lowest BCUT2D eigenvalue weighted by Crippen LogP contribution is -2.49. The van der Waals surface area contributed by atoms with E-state index in [9.17, 15) is 9.59 Å². The number of benzene rings is 1. The van der Waals surface area contributed by atoms with Gasteiger partial charge in [-0.15, -0.1) is 0 Å². The predicted octanol–water partition coefficient (Wildman–Crippen LogP) is 3.81. The van der Waals surface area contributed by atoms with Gasteiger partial charge in [-0.25, -0.2) is 4.79 Å². The van der Waals surface area contributed by atoms with Crippen LogP contribution in [0, 0.1) is 13.8 Å². The third kappa shape index (κ3) is 4.02. The largest absolute Gasteiger partial charge is 0.459 e. The number of nitrogens with one attached hydrogen (secondary N) is 1. The standard InChI is InChI=1S/C21H26ClN3O3/c1-13(2)28-21(27)18-14(3)19(23-15(18)4)20(26)25-11-9-24(10-12-25)17-8-6-5-7-16(17)22/h5-8,13,23H,9-12H2,1-4H3. The molecular weight excluding hydrogens is 378 g/mol. The summed E-state index contributed by atoms with van der Waals surface area (Å²) < 4.78 is 5.31. The Labute approximate surface area is 170 Å². The molecule has 1 amide bonds. The zero-order valence-electron chi connectivity index (χ0n) is 16.7. The zero-order chi connectivity index (χ0) is 20.4. The van der Waals surface area contributed by atoms with Crippen molar-refractivity contribution >= 4 is 29.2 Å². The van der Waals surface area contributed by atoms with E-state index in [2.05, 4.69) is 9.88 Å². The number of esters is 1. The molecule has 1 N–H and O–H groups in total. The summed E-state index contributed by atoms with van der Waals surface area (Å²) in [6.45, 7) is 9.77. The quantitative estimate of drug-likeness (QED) is 0.788. The molecule has 28 heavy (non-hydrogen) atoms. The minimum Gasteiger partial charge on any atom is -0.459 e. The average Bonchev–Trinajstić information content (AvgIpc) is 2.95. The van der Waals surface area contributed by atoms with E-state index in [0.29, 0.717) is 53.7 Å². The molecule has 0 aliphatic carbocycles. The maximum Gasteiger partial charge on any atom is 0.340 e. The molecular formula is C21H26ClN3O3. The number of ether oxygens (including phenoxy) is 1. The first-order valence-electron chi connectivity index (χ1n) is 9.48. The second-order valence-corrected chi connectivity index (χ2v) is 7.72. The SMILES string of the molecule is Cc1[nH]c(C(=O)N2CCN(c3ccccc3Cl)CC2)c(C)c1C(=O)OC(C)C. The van der Waals surface area contributed by atoms with Gasteiger partial charge in [-0.05, 0) is 45.4 Å². The summed E-state index contributed by atoms with van der Waals surface area (Å²) in [5, 5.41) is 0.714. The van der Waals surface area contributed by atoms with Gasteiger partial charge in [-0.1, -0.05) is 23.7 Å². The molecule has 6 nitrogen and oxygen atoms in total. The van der Waals surface area contributed by atoms with Crippen molar-refractivity contribution in [3.8, 4) is 0 Å². The fourth-order valence-electron chi connectivity index (χ4n) is 3.56. The second kappa shape index (κ2) is 8.27. The lowest BCUT2D eigenvalue weighted by molar-refractivity contribution is 0.0376. The number of H-pyrrole nitrogens is 1. The lowest BCUT2D eigenvalue weighted by atomic mass is 10.1. The minimum absolute atomic E-state index is 0.0944. The van der Waals surface area contributed by atoms with Crippen LogP contribution < -0.4 is 4.90 Å². The molecule has 3 rings (SSSR count). The van der Waals surface area contributed by atoms with Crippen molar-refractivity contribution in [2.24, 2.45) is 0 Å². The number of amides is 1. The Hall–Kier alpha value is -2.47. The van der Waals surface area contributed by atoms with Gasteiger partial charge >= 0.3 is 5.97 Å². The van der Waals surface area contributed by atoms with E-state index in [0.717, 1.165) is 5.69 Å². The van der Waals surface area contributed by atoms with Gasteiger partial charge in [0.1, 0.15) is 5.69 Å². The third-order valence-electron chi connectivity index (χ3n) is 4.96. The van der Waals surface area contributed by atoms with Gasteiger partial charge in [-0.3, -0.25) is 4.79 Å². The summed E-state index contributed by atoms with van der Waals surface area (Å²) in [4.78, 5) is 32.5. The van der Waals surface area contributed by atoms with Crippen molar-refractivity contribution in [2.75, 3.05) is 31.1 Å². The number of aromatic nitrogens is 1. The summed E-state index contributed by atoms with van der Waals surface area (Å²) in [7, 11) is 0. The Balaban J connectivity index is 1.72. The molecule has 1 fully saturated rings. The number of rotatable bonds is 4. The number of para-hydroxylation sites is 1. The highest BCUT2D eigenvalue weighted by atomic mass is 35.5. The van der Waals surface area contributed by atoms with E-state index in [1.54, 1.807) is 27.7 Å².